The van der Waals surface area contributed by atoms with Crippen LogP contribution in [0, 0.1) is 0 Å². The van der Waals surface area contributed by atoms with Gasteiger partial charge in [0.05, 0.1) is 13.2 Å². The van der Waals surface area contributed by atoms with Gasteiger partial charge in [0, 0.05) is 18.9 Å². The molecule has 5 nitrogen and oxygen atoms in total. The van der Waals surface area contributed by atoms with E-state index in [4.69, 9.17) is 15.2 Å². The third-order valence-corrected chi connectivity index (χ3v) is 4.25. The summed E-state index contributed by atoms with van der Waals surface area (Å²) in [5, 5.41) is 3.17. The first kappa shape index (κ1) is 15.6. The first-order valence-corrected chi connectivity index (χ1v) is 8.02. The molecule has 1 spiro atoms. The second kappa shape index (κ2) is 7.27. The highest BCUT2D eigenvalue weighted by molar-refractivity contribution is 5.78. The molecular weight excluding hydrogens is 254 g/mol. The van der Waals surface area contributed by atoms with Crippen molar-refractivity contribution < 1.29 is 9.47 Å². The highest BCUT2D eigenvalue weighted by Gasteiger charge is 2.41. The standard InChI is InChI=1S/C15H29N3O2/c1-3-12(2)18-14(16)17-10-13-11-19-15(20-13)8-6-4-5-7-9-15/h12-13H,3-11H2,1-2H3,(H3,16,17,18). The number of ether oxygens (including phenoxy) is 2. The summed E-state index contributed by atoms with van der Waals surface area (Å²) in [6, 6.07) is 0.354. The Kier molecular flexibility index (Phi) is 5.66. The van der Waals surface area contributed by atoms with Crippen LogP contribution in [0.4, 0.5) is 0 Å². The number of nitrogens with two attached hydrogens (primary N) is 1. The number of hydrogen-bond donors (Lipinski definition) is 2. The Morgan fingerprint density at radius 1 is 1.35 bits per heavy atom. The van der Waals surface area contributed by atoms with Gasteiger partial charge in [-0.2, -0.15) is 0 Å². The Morgan fingerprint density at radius 3 is 2.70 bits per heavy atom. The molecule has 2 aliphatic rings. The number of nitrogens with one attached hydrogen (secondary N) is 1. The molecule has 116 valence electrons. The summed E-state index contributed by atoms with van der Waals surface area (Å²) in [5.74, 6) is 0.181. The van der Waals surface area contributed by atoms with E-state index in [1.54, 1.807) is 0 Å². The zero-order valence-electron chi connectivity index (χ0n) is 12.9. The molecule has 0 aromatic heterocycles. The van der Waals surface area contributed by atoms with Crippen LogP contribution in [0.3, 0.4) is 0 Å². The molecule has 0 radical (unpaired) electrons. The van der Waals surface area contributed by atoms with Gasteiger partial charge in [0.25, 0.3) is 0 Å². The van der Waals surface area contributed by atoms with Gasteiger partial charge in [-0.3, -0.25) is 4.99 Å². The van der Waals surface area contributed by atoms with Crippen LogP contribution in [0.25, 0.3) is 0 Å². The molecule has 3 N–H and O–H groups in total. The van der Waals surface area contributed by atoms with Crippen LogP contribution in [-0.4, -0.2) is 37.0 Å². The molecule has 0 bridgehead atoms. The van der Waals surface area contributed by atoms with Crippen molar-refractivity contribution >= 4 is 5.96 Å². The smallest absolute Gasteiger partial charge is 0.188 e. The minimum Gasteiger partial charge on any atom is -0.370 e. The van der Waals surface area contributed by atoms with Crippen LogP contribution in [-0.2, 0) is 9.47 Å². The van der Waals surface area contributed by atoms with E-state index in [2.05, 4.69) is 24.2 Å². The lowest BCUT2D eigenvalue weighted by atomic mass is 10.1. The molecule has 1 saturated carbocycles. The van der Waals surface area contributed by atoms with Crippen molar-refractivity contribution in [3.63, 3.8) is 0 Å². The molecule has 1 aliphatic carbocycles. The lowest BCUT2D eigenvalue weighted by Gasteiger charge is -2.26. The first-order chi connectivity index (χ1) is 9.63. The van der Waals surface area contributed by atoms with E-state index >= 15 is 0 Å². The largest absolute Gasteiger partial charge is 0.370 e. The molecule has 2 fully saturated rings. The van der Waals surface area contributed by atoms with Crippen LogP contribution >= 0.6 is 0 Å². The summed E-state index contributed by atoms with van der Waals surface area (Å²) in [4.78, 5) is 4.37. The van der Waals surface area contributed by atoms with Crippen LogP contribution in [0.2, 0.25) is 0 Å². The van der Waals surface area contributed by atoms with E-state index in [1.165, 1.54) is 25.7 Å². The average molecular weight is 283 g/mol. The molecule has 1 aliphatic heterocycles. The summed E-state index contributed by atoms with van der Waals surface area (Å²) in [5.41, 5.74) is 5.87. The van der Waals surface area contributed by atoms with Crippen molar-refractivity contribution in [2.75, 3.05) is 13.2 Å². The van der Waals surface area contributed by atoms with Gasteiger partial charge < -0.3 is 20.5 Å². The normalized spacial score (nSPS) is 28.3. The van der Waals surface area contributed by atoms with Crippen molar-refractivity contribution in [3.8, 4) is 0 Å². The van der Waals surface area contributed by atoms with E-state index in [0.717, 1.165) is 19.3 Å². The molecule has 2 atom stereocenters. The molecular formula is C15H29N3O2. The molecule has 5 heteroatoms. The molecule has 2 rings (SSSR count). The molecule has 0 aromatic rings. The van der Waals surface area contributed by atoms with Crippen molar-refractivity contribution in [2.24, 2.45) is 10.7 Å². The van der Waals surface area contributed by atoms with Crippen LogP contribution in [0.15, 0.2) is 4.99 Å². The van der Waals surface area contributed by atoms with E-state index < -0.39 is 0 Å². The fourth-order valence-electron chi connectivity index (χ4n) is 2.84. The Balaban J connectivity index is 1.79. The number of nitrogens with zero attached hydrogens (tertiary/aromatic N) is 1. The third-order valence-electron chi connectivity index (χ3n) is 4.25. The Morgan fingerprint density at radius 2 is 2.05 bits per heavy atom. The van der Waals surface area contributed by atoms with E-state index in [0.29, 0.717) is 25.2 Å². The number of aliphatic imine (C=N–C) groups is 1. The van der Waals surface area contributed by atoms with Crippen molar-refractivity contribution in [2.45, 2.75) is 76.7 Å². The second-order valence-corrected chi connectivity index (χ2v) is 6.06. The fraction of sp³-hybridized carbons (Fsp3) is 0.933. The van der Waals surface area contributed by atoms with E-state index in [9.17, 15) is 0 Å². The van der Waals surface area contributed by atoms with Gasteiger partial charge in [-0.15, -0.1) is 0 Å². The molecule has 1 heterocycles. The summed E-state index contributed by atoms with van der Waals surface area (Å²) in [7, 11) is 0. The predicted molar refractivity (Wildman–Crippen MR) is 80.6 cm³/mol. The second-order valence-electron chi connectivity index (χ2n) is 6.06. The Hall–Kier alpha value is -0.810. The Labute approximate surface area is 122 Å². The van der Waals surface area contributed by atoms with Crippen molar-refractivity contribution in [1.29, 1.82) is 0 Å². The molecule has 0 aromatic carbocycles. The maximum atomic E-state index is 6.14. The SMILES string of the molecule is CCC(C)NC(N)=NCC1COC2(CCCCCC2)O1. The number of hydrogen-bond acceptors (Lipinski definition) is 3. The summed E-state index contributed by atoms with van der Waals surface area (Å²) in [6.07, 6.45) is 8.11. The fourth-order valence-corrected chi connectivity index (χ4v) is 2.84. The van der Waals surface area contributed by atoms with Gasteiger partial charge in [0.1, 0.15) is 6.10 Å². The summed E-state index contributed by atoms with van der Waals surface area (Å²) in [6.45, 7) is 5.43. The van der Waals surface area contributed by atoms with Gasteiger partial charge in [-0.1, -0.05) is 19.8 Å². The maximum absolute atomic E-state index is 6.14. The van der Waals surface area contributed by atoms with Gasteiger partial charge in [-0.05, 0) is 26.2 Å². The maximum Gasteiger partial charge on any atom is 0.188 e. The van der Waals surface area contributed by atoms with Gasteiger partial charge >= 0.3 is 0 Å². The predicted octanol–water partition coefficient (Wildman–Crippen LogP) is 2.16. The highest BCUT2D eigenvalue weighted by atomic mass is 16.7. The average Bonchev–Trinajstić information content (AvgIpc) is 2.69. The minimum atomic E-state index is -0.324. The molecule has 1 saturated heterocycles. The van der Waals surface area contributed by atoms with Crippen LogP contribution in [0.5, 0.6) is 0 Å². The Bertz CT molecular complexity index is 325. The zero-order chi connectivity index (χ0) is 14.4. The van der Waals surface area contributed by atoms with Crippen LogP contribution in [0.1, 0.15) is 58.8 Å². The quantitative estimate of drug-likeness (QED) is 0.613. The zero-order valence-corrected chi connectivity index (χ0v) is 12.9. The number of rotatable bonds is 4. The third kappa shape index (κ3) is 4.35. The van der Waals surface area contributed by atoms with Gasteiger partial charge in [-0.25, -0.2) is 0 Å². The van der Waals surface area contributed by atoms with Crippen molar-refractivity contribution in [3.05, 3.63) is 0 Å². The van der Waals surface area contributed by atoms with E-state index in [1.807, 2.05) is 0 Å². The van der Waals surface area contributed by atoms with E-state index in [-0.39, 0.29) is 11.9 Å². The minimum absolute atomic E-state index is 0.0467. The van der Waals surface area contributed by atoms with Crippen molar-refractivity contribution in [1.82, 2.24) is 5.32 Å². The molecule has 2 unspecified atom stereocenters. The van der Waals surface area contributed by atoms with Gasteiger partial charge in [0.2, 0.25) is 0 Å². The monoisotopic (exact) mass is 283 g/mol. The lowest BCUT2D eigenvalue weighted by molar-refractivity contribution is -0.174. The molecule has 0 amide bonds. The summed E-state index contributed by atoms with van der Waals surface area (Å²) >= 11 is 0. The van der Waals surface area contributed by atoms with Crippen LogP contribution < -0.4 is 11.1 Å². The van der Waals surface area contributed by atoms with Gasteiger partial charge in [0.15, 0.2) is 11.7 Å². The highest BCUT2D eigenvalue weighted by Crippen LogP contribution is 2.36. The molecule has 20 heavy (non-hydrogen) atoms. The number of guanidine groups is 1. The lowest BCUT2D eigenvalue weighted by Crippen LogP contribution is -2.38. The topological polar surface area (TPSA) is 68.9 Å². The summed E-state index contributed by atoms with van der Waals surface area (Å²) < 4.78 is 12.1. The first-order valence-electron chi connectivity index (χ1n) is 8.02.